The van der Waals surface area contributed by atoms with Gasteiger partial charge in [0.15, 0.2) is 5.58 Å². The van der Waals surface area contributed by atoms with E-state index >= 15 is 0 Å². The van der Waals surface area contributed by atoms with Gasteiger partial charge in [0.05, 0.1) is 5.25 Å². The Morgan fingerprint density at radius 1 is 0.963 bits per heavy atom. The molecular weight excluding hydrogens is 356 g/mol. The van der Waals surface area contributed by atoms with Crippen LogP contribution in [0.2, 0.25) is 0 Å². The van der Waals surface area contributed by atoms with Crippen LogP contribution >= 0.6 is 11.8 Å². The van der Waals surface area contributed by atoms with Crippen LogP contribution in [0.4, 0.5) is 5.69 Å². The lowest BCUT2D eigenvalue weighted by atomic mass is 10.0. The molecule has 1 atom stereocenters. The first-order valence-corrected chi connectivity index (χ1v) is 9.56. The van der Waals surface area contributed by atoms with Gasteiger partial charge in [-0.1, -0.05) is 72.4 Å². The van der Waals surface area contributed by atoms with Gasteiger partial charge in [0.25, 0.3) is 5.22 Å². The largest absolute Gasteiger partial charge is 0.431 e. The van der Waals surface area contributed by atoms with Gasteiger partial charge in [-0.05, 0) is 30.7 Å². The van der Waals surface area contributed by atoms with Gasteiger partial charge in [-0.2, -0.15) is 0 Å². The maximum Gasteiger partial charge on any atom is 0.257 e. The van der Waals surface area contributed by atoms with Crippen LogP contribution in [-0.4, -0.2) is 16.1 Å². The van der Waals surface area contributed by atoms with Gasteiger partial charge in [0, 0.05) is 11.3 Å². The van der Waals surface area contributed by atoms with Crippen LogP contribution < -0.4 is 5.32 Å². The maximum absolute atomic E-state index is 12.7. The summed E-state index contributed by atoms with van der Waals surface area (Å²) in [4.78, 5) is 17.1. The zero-order valence-electron chi connectivity index (χ0n) is 14.8. The lowest BCUT2D eigenvalue weighted by Gasteiger charge is -2.14. The predicted molar refractivity (Wildman–Crippen MR) is 110 cm³/mol. The fourth-order valence-electron chi connectivity index (χ4n) is 2.80. The molecule has 134 valence electrons. The van der Waals surface area contributed by atoms with Gasteiger partial charge >= 0.3 is 0 Å². The summed E-state index contributed by atoms with van der Waals surface area (Å²) in [5, 5.41) is 3.18. The standard InChI is InChI=1S/C22H18N2O2S/c1-15(27-22-24-19-13-7-8-14-20(19)26-22)21(25)23-18-12-6-5-11-17(18)16-9-3-2-4-10-16/h2-15H,1H3,(H,23,25)/t15-/m0/s1. The molecule has 4 aromatic rings. The number of oxazole rings is 1. The van der Waals surface area contributed by atoms with Gasteiger partial charge in [-0.25, -0.2) is 4.98 Å². The zero-order valence-corrected chi connectivity index (χ0v) is 15.6. The number of aromatic nitrogens is 1. The Balaban J connectivity index is 1.50. The molecule has 1 N–H and O–H groups in total. The van der Waals surface area contributed by atoms with Gasteiger partial charge in [-0.15, -0.1) is 0 Å². The third-order valence-corrected chi connectivity index (χ3v) is 5.13. The third kappa shape index (κ3) is 3.88. The van der Waals surface area contributed by atoms with E-state index in [0.717, 1.165) is 27.9 Å². The van der Waals surface area contributed by atoms with E-state index in [1.165, 1.54) is 11.8 Å². The van der Waals surface area contributed by atoms with E-state index in [0.29, 0.717) is 5.22 Å². The maximum atomic E-state index is 12.7. The number of rotatable bonds is 5. The number of carbonyl (C=O) groups excluding carboxylic acids is 1. The average Bonchev–Trinajstić information content (AvgIpc) is 3.11. The van der Waals surface area contributed by atoms with Crippen LogP contribution in [0, 0.1) is 0 Å². The second kappa shape index (κ2) is 7.68. The molecule has 4 rings (SSSR count). The van der Waals surface area contributed by atoms with E-state index in [4.69, 9.17) is 4.42 Å². The van der Waals surface area contributed by atoms with Crippen LogP contribution in [0.5, 0.6) is 0 Å². The monoisotopic (exact) mass is 374 g/mol. The van der Waals surface area contributed by atoms with E-state index in [9.17, 15) is 4.79 Å². The lowest BCUT2D eigenvalue weighted by molar-refractivity contribution is -0.115. The molecule has 0 aliphatic carbocycles. The molecule has 0 bridgehead atoms. The number of amides is 1. The summed E-state index contributed by atoms with van der Waals surface area (Å²) in [7, 11) is 0. The molecule has 0 aliphatic rings. The molecule has 3 aromatic carbocycles. The lowest BCUT2D eigenvalue weighted by Crippen LogP contribution is -2.22. The van der Waals surface area contributed by atoms with Gasteiger partial charge in [-0.3, -0.25) is 4.79 Å². The smallest absolute Gasteiger partial charge is 0.257 e. The number of hydrogen-bond acceptors (Lipinski definition) is 4. The molecule has 5 heteroatoms. The fourth-order valence-corrected chi connectivity index (χ4v) is 3.56. The number of nitrogens with one attached hydrogen (secondary N) is 1. The molecule has 0 saturated heterocycles. The summed E-state index contributed by atoms with van der Waals surface area (Å²) in [6.45, 7) is 1.85. The Kier molecular flexibility index (Phi) is 4.94. The Morgan fingerprint density at radius 2 is 1.67 bits per heavy atom. The van der Waals surface area contributed by atoms with Crippen LogP contribution in [0.3, 0.4) is 0 Å². The molecule has 0 spiro atoms. The number of hydrogen-bond donors (Lipinski definition) is 1. The number of fused-ring (bicyclic) bond motifs is 1. The van der Waals surface area contributed by atoms with E-state index in [1.807, 2.05) is 85.8 Å². The van der Waals surface area contributed by atoms with Gasteiger partial charge < -0.3 is 9.73 Å². The molecule has 27 heavy (non-hydrogen) atoms. The fraction of sp³-hybridized carbons (Fsp3) is 0.0909. The second-order valence-electron chi connectivity index (χ2n) is 6.11. The Bertz CT molecular complexity index is 1040. The summed E-state index contributed by atoms with van der Waals surface area (Å²) in [5.41, 5.74) is 4.36. The molecular formula is C22H18N2O2S. The Morgan fingerprint density at radius 3 is 2.48 bits per heavy atom. The van der Waals surface area contributed by atoms with Crippen molar-refractivity contribution >= 4 is 34.5 Å². The van der Waals surface area contributed by atoms with E-state index < -0.39 is 0 Å². The highest BCUT2D eigenvalue weighted by Crippen LogP contribution is 2.30. The summed E-state index contributed by atoms with van der Waals surface area (Å²) >= 11 is 1.31. The number of nitrogens with zero attached hydrogens (tertiary/aromatic N) is 1. The number of anilines is 1. The molecule has 1 heterocycles. The third-order valence-electron chi connectivity index (χ3n) is 4.19. The molecule has 0 unspecified atom stereocenters. The van der Waals surface area contributed by atoms with E-state index in [1.54, 1.807) is 0 Å². The van der Waals surface area contributed by atoms with Crippen molar-refractivity contribution in [1.82, 2.24) is 4.98 Å². The highest BCUT2D eigenvalue weighted by Gasteiger charge is 2.19. The molecule has 0 radical (unpaired) electrons. The van der Waals surface area contributed by atoms with E-state index in [-0.39, 0.29) is 11.2 Å². The van der Waals surface area contributed by atoms with E-state index in [2.05, 4.69) is 10.3 Å². The molecule has 1 amide bonds. The molecule has 4 nitrogen and oxygen atoms in total. The first-order chi connectivity index (χ1) is 13.2. The minimum absolute atomic E-state index is 0.0920. The second-order valence-corrected chi connectivity index (χ2v) is 7.40. The van der Waals surface area contributed by atoms with Crippen LogP contribution in [0.15, 0.2) is 88.5 Å². The molecule has 1 aromatic heterocycles. The highest BCUT2D eigenvalue weighted by molar-refractivity contribution is 8.00. The van der Waals surface area contributed by atoms with Crippen molar-refractivity contribution in [2.45, 2.75) is 17.4 Å². The predicted octanol–water partition coefficient (Wildman–Crippen LogP) is 5.61. The normalized spacial score (nSPS) is 12.0. The van der Waals surface area contributed by atoms with Crippen LogP contribution in [0.1, 0.15) is 6.92 Å². The Labute approximate surface area is 161 Å². The number of carbonyl (C=O) groups is 1. The zero-order chi connectivity index (χ0) is 18.6. The Hall–Kier alpha value is -3.05. The minimum Gasteiger partial charge on any atom is -0.431 e. The summed E-state index contributed by atoms with van der Waals surface area (Å²) in [6, 6.07) is 25.4. The number of thioether (sulfide) groups is 1. The van der Waals surface area contributed by atoms with Crippen molar-refractivity contribution in [3.05, 3.63) is 78.9 Å². The molecule has 0 saturated carbocycles. The first kappa shape index (κ1) is 17.4. The van der Waals surface area contributed by atoms with Crippen molar-refractivity contribution in [3.8, 4) is 11.1 Å². The van der Waals surface area contributed by atoms with Crippen molar-refractivity contribution in [2.75, 3.05) is 5.32 Å². The van der Waals surface area contributed by atoms with Crippen molar-refractivity contribution in [3.63, 3.8) is 0 Å². The van der Waals surface area contributed by atoms with Crippen molar-refractivity contribution in [1.29, 1.82) is 0 Å². The van der Waals surface area contributed by atoms with Gasteiger partial charge in [0.2, 0.25) is 5.91 Å². The SMILES string of the molecule is C[C@H](Sc1nc2ccccc2o1)C(=O)Nc1ccccc1-c1ccccc1. The summed E-state index contributed by atoms with van der Waals surface area (Å²) in [6.07, 6.45) is 0. The topological polar surface area (TPSA) is 55.1 Å². The van der Waals surface area contributed by atoms with Crippen molar-refractivity contribution in [2.24, 2.45) is 0 Å². The first-order valence-electron chi connectivity index (χ1n) is 8.68. The molecule has 0 aliphatic heterocycles. The van der Waals surface area contributed by atoms with Gasteiger partial charge in [0.1, 0.15) is 5.52 Å². The van der Waals surface area contributed by atoms with Crippen molar-refractivity contribution < 1.29 is 9.21 Å². The number of para-hydroxylation sites is 3. The minimum atomic E-state index is -0.345. The average molecular weight is 374 g/mol. The quantitative estimate of drug-likeness (QED) is 0.461. The summed E-state index contributed by atoms with van der Waals surface area (Å²) < 4.78 is 5.70. The molecule has 0 fully saturated rings. The number of benzene rings is 3. The van der Waals surface area contributed by atoms with Crippen LogP contribution in [-0.2, 0) is 4.79 Å². The van der Waals surface area contributed by atoms with Crippen LogP contribution in [0.25, 0.3) is 22.2 Å². The summed E-state index contributed by atoms with van der Waals surface area (Å²) in [5.74, 6) is -0.0920. The highest BCUT2D eigenvalue weighted by atomic mass is 32.2.